The SMILES string of the molecule is C=C(COc1ccccc1CCO)C(=O)OCC. The largest absolute Gasteiger partial charge is 0.488 e. The Morgan fingerprint density at radius 1 is 1.39 bits per heavy atom. The van der Waals surface area contributed by atoms with Crippen LogP contribution in [0.5, 0.6) is 5.75 Å². The van der Waals surface area contributed by atoms with Crippen LogP contribution in [0.3, 0.4) is 0 Å². The molecule has 0 saturated carbocycles. The van der Waals surface area contributed by atoms with Gasteiger partial charge in [0.1, 0.15) is 12.4 Å². The molecule has 0 aliphatic heterocycles. The van der Waals surface area contributed by atoms with E-state index in [0.29, 0.717) is 18.8 Å². The van der Waals surface area contributed by atoms with Gasteiger partial charge in [0.05, 0.1) is 12.2 Å². The number of aliphatic hydroxyl groups is 1. The summed E-state index contributed by atoms with van der Waals surface area (Å²) in [5.74, 6) is 0.203. The van der Waals surface area contributed by atoms with Crippen molar-refractivity contribution < 1.29 is 19.4 Å². The molecule has 0 aliphatic rings. The van der Waals surface area contributed by atoms with Gasteiger partial charge in [0.15, 0.2) is 0 Å². The van der Waals surface area contributed by atoms with Crippen LogP contribution >= 0.6 is 0 Å². The fourth-order valence-corrected chi connectivity index (χ4v) is 1.43. The molecule has 0 atom stereocenters. The third-order valence-electron chi connectivity index (χ3n) is 2.32. The number of hydrogen-bond acceptors (Lipinski definition) is 4. The van der Waals surface area contributed by atoms with Crippen LogP contribution in [0.4, 0.5) is 0 Å². The topological polar surface area (TPSA) is 55.8 Å². The highest BCUT2D eigenvalue weighted by atomic mass is 16.5. The summed E-state index contributed by atoms with van der Waals surface area (Å²) < 4.78 is 10.3. The maximum Gasteiger partial charge on any atom is 0.336 e. The maximum absolute atomic E-state index is 11.3. The Labute approximate surface area is 107 Å². The fraction of sp³-hybridized carbons (Fsp3) is 0.357. The Balaban J connectivity index is 2.57. The first kappa shape index (κ1) is 14.3. The highest BCUT2D eigenvalue weighted by molar-refractivity contribution is 5.88. The van der Waals surface area contributed by atoms with Crippen LogP contribution in [0, 0.1) is 0 Å². The van der Waals surface area contributed by atoms with E-state index in [0.717, 1.165) is 5.56 Å². The number of hydrogen-bond donors (Lipinski definition) is 1. The van der Waals surface area contributed by atoms with Crippen LogP contribution in [-0.4, -0.2) is 30.9 Å². The number of carbonyl (C=O) groups is 1. The van der Waals surface area contributed by atoms with Crippen molar-refractivity contribution in [2.45, 2.75) is 13.3 Å². The Morgan fingerprint density at radius 2 is 2.11 bits per heavy atom. The number of carbonyl (C=O) groups excluding carboxylic acids is 1. The molecule has 4 heteroatoms. The predicted octanol–water partition coefficient (Wildman–Crippen LogP) is 1.72. The molecular weight excluding hydrogens is 232 g/mol. The van der Waals surface area contributed by atoms with Gasteiger partial charge in [-0.15, -0.1) is 0 Å². The van der Waals surface area contributed by atoms with Gasteiger partial charge in [-0.25, -0.2) is 4.79 Å². The van der Waals surface area contributed by atoms with Gasteiger partial charge < -0.3 is 14.6 Å². The van der Waals surface area contributed by atoms with Crippen LogP contribution < -0.4 is 4.74 Å². The van der Waals surface area contributed by atoms with Gasteiger partial charge in [-0.1, -0.05) is 24.8 Å². The molecule has 0 spiro atoms. The van der Waals surface area contributed by atoms with Crippen LogP contribution in [0.15, 0.2) is 36.4 Å². The third-order valence-corrected chi connectivity index (χ3v) is 2.32. The van der Waals surface area contributed by atoms with Crippen molar-refractivity contribution in [2.75, 3.05) is 19.8 Å². The van der Waals surface area contributed by atoms with E-state index >= 15 is 0 Å². The number of para-hydroxylation sites is 1. The van der Waals surface area contributed by atoms with Crippen molar-refractivity contribution in [2.24, 2.45) is 0 Å². The average molecular weight is 250 g/mol. The molecule has 1 aromatic carbocycles. The first-order valence-electron chi connectivity index (χ1n) is 5.85. The van der Waals surface area contributed by atoms with E-state index in [1.54, 1.807) is 13.0 Å². The molecule has 0 bridgehead atoms. The van der Waals surface area contributed by atoms with E-state index in [9.17, 15) is 4.79 Å². The van der Waals surface area contributed by atoms with Gasteiger partial charge in [-0.3, -0.25) is 0 Å². The highest BCUT2D eigenvalue weighted by Crippen LogP contribution is 2.18. The molecule has 0 unspecified atom stereocenters. The van der Waals surface area contributed by atoms with Crippen molar-refractivity contribution in [3.05, 3.63) is 42.0 Å². The van der Waals surface area contributed by atoms with Gasteiger partial charge >= 0.3 is 5.97 Å². The van der Waals surface area contributed by atoms with Crippen molar-refractivity contribution >= 4 is 5.97 Å². The van der Waals surface area contributed by atoms with E-state index in [-0.39, 0.29) is 18.8 Å². The number of benzene rings is 1. The summed E-state index contributed by atoms with van der Waals surface area (Å²) in [7, 11) is 0. The second kappa shape index (κ2) is 7.50. The molecule has 0 amide bonds. The van der Waals surface area contributed by atoms with Crippen LogP contribution in [0.1, 0.15) is 12.5 Å². The molecule has 0 aliphatic carbocycles. The molecule has 0 radical (unpaired) electrons. The zero-order valence-corrected chi connectivity index (χ0v) is 10.5. The highest BCUT2D eigenvalue weighted by Gasteiger charge is 2.09. The van der Waals surface area contributed by atoms with Gasteiger partial charge in [0, 0.05) is 6.61 Å². The van der Waals surface area contributed by atoms with Gasteiger partial charge in [-0.2, -0.15) is 0 Å². The van der Waals surface area contributed by atoms with E-state index < -0.39 is 5.97 Å². The standard InChI is InChI=1S/C14H18O4/c1-3-17-14(16)11(2)10-18-13-7-5-4-6-12(13)8-9-15/h4-7,15H,2-3,8-10H2,1H3. The zero-order chi connectivity index (χ0) is 13.4. The monoisotopic (exact) mass is 250 g/mol. The first-order valence-corrected chi connectivity index (χ1v) is 5.85. The molecule has 0 saturated heterocycles. The first-order chi connectivity index (χ1) is 8.69. The van der Waals surface area contributed by atoms with Crippen LogP contribution in [0.2, 0.25) is 0 Å². The normalized spacial score (nSPS) is 9.89. The number of aliphatic hydroxyl groups excluding tert-OH is 1. The summed E-state index contributed by atoms with van der Waals surface area (Å²) in [4.78, 5) is 11.3. The van der Waals surface area contributed by atoms with Crippen molar-refractivity contribution in [1.29, 1.82) is 0 Å². The van der Waals surface area contributed by atoms with Gasteiger partial charge in [-0.05, 0) is 25.0 Å². The fourth-order valence-electron chi connectivity index (χ4n) is 1.43. The quantitative estimate of drug-likeness (QED) is 0.591. The minimum absolute atomic E-state index is 0.0548. The van der Waals surface area contributed by atoms with E-state index in [1.165, 1.54) is 0 Å². The molecule has 1 aromatic rings. The summed E-state index contributed by atoms with van der Waals surface area (Å²) in [6.45, 7) is 5.81. The summed E-state index contributed by atoms with van der Waals surface area (Å²) in [6, 6.07) is 7.38. The smallest absolute Gasteiger partial charge is 0.336 e. The number of ether oxygens (including phenoxy) is 2. The van der Waals surface area contributed by atoms with Crippen LogP contribution in [0.25, 0.3) is 0 Å². The van der Waals surface area contributed by atoms with Crippen molar-refractivity contribution in [1.82, 2.24) is 0 Å². The lowest BCUT2D eigenvalue weighted by Crippen LogP contribution is -2.13. The summed E-state index contributed by atoms with van der Waals surface area (Å²) in [5, 5.41) is 8.93. The van der Waals surface area contributed by atoms with Gasteiger partial charge in [0.2, 0.25) is 0 Å². The Hall–Kier alpha value is -1.81. The molecule has 0 heterocycles. The average Bonchev–Trinajstić information content (AvgIpc) is 2.38. The number of rotatable bonds is 7. The Bertz CT molecular complexity index is 412. The summed E-state index contributed by atoms with van der Waals surface area (Å²) in [5.41, 5.74) is 1.17. The molecule has 98 valence electrons. The molecule has 4 nitrogen and oxygen atoms in total. The Kier molecular flexibility index (Phi) is 5.94. The Morgan fingerprint density at radius 3 is 2.78 bits per heavy atom. The van der Waals surface area contributed by atoms with Crippen molar-refractivity contribution in [3.63, 3.8) is 0 Å². The summed E-state index contributed by atoms with van der Waals surface area (Å²) in [6.07, 6.45) is 0.516. The molecular formula is C14H18O4. The molecule has 0 fully saturated rings. The minimum Gasteiger partial charge on any atom is -0.488 e. The summed E-state index contributed by atoms with van der Waals surface area (Å²) >= 11 is 0. The van der Waals surface area contributed by atoms with Crippen molar-refractivity contribution in [3.8, 4) is 5.75 Å². The molecule has 1 rings (SSSR count). The van der Waals surface area contributed by atoms with E-state index in [1.807, 2.05) is 18.2 Å². The molecule has 18 heavy (non-hydrogen) atoms. The lowest BCUT2D eigenvalue weighted by atomic mass is 10.1. The third kappa shape index (κ3) is 4.22. The van der Waals surface area contributed by atoms with E-state index in [4.69, 9.17) is 14.6 Å². The second-order valence-electron chi connectivity index (χ2n) is 3.69. The lowest BCUT2D eigenvalue weighted by molar-refractivity contribution is -0.138. The molecule has 0 aromatic heterocycles. The van der Waals surface area contributed by atoms with Crippen LogP contribution in [-0.2, 0) is 16.0 Å². The minimum atomic E-state index is -0.447. The number of esters is 1. The predicted molar refractivity (Wildman–Crippen MR) is 68.5 cm³/mol. The van der Waals surface area contributed by atoms with E-state index in [2.05, 4.69) is 6.58 Å². The second-order valence-corrected chi connectivity index (χ2v) is 3.69. The zero-order valence-electron chi connectivity index (χ0n) is 10.5. The molecule has 1 N–H and O–H groups in total. The lowest BCUT2D eigenvalue weighted by Gasteiger charge is -2.11. The van der Waals surface area contributed by atoms with Gasteiger partial charge in [0.25, 0.3) is 0 Å². The maximum atomic E-state index is 11.3.